The summed E-state index contributed by atoms with van der Waals surface area (Å²) >= 11 is 4.94. The van der Waals surface area contributed by atoms with Crippen LogP contribution >= 0.6 is 12.2 Å². The van der Waals surface area contributed by atoms with E-state index in [1.165, 1.54) is 0 Å². The van der Waals surface area contributed by atoms with Crippen LogP contribution in [0.15, 0.2) is 24.3 Å². The van der Waals surface area contributed by atoms with Gasteiger partial charge in [-0.3, -0.25) is 4.90 Å². The summed E-state index contributed by atoms with van der Waals surface area (Å²) < 4.78 is 5.72. The summed E-state index contributed by atoms with van der Waals surface area (Å²) in [4.78, 5) is 2.76. The van der Waals surface area contributed by atoms with Crippen LogP contribution in [0.5, 0.6) is 5.75 Å². The molecular formula is C14H22N2OS. The van der Waals surface area contributed by atoms with Gasteiger partial charge in [0.15, 0.2) is 0 Å². The third-order valence-corrected chi connectivity index (χ3v) is 3.14. The highest BCUT2D eigenvalue weighted by atomic mass is 32.1. The second-order valence-electron chi connectivity index (χ2n) is 4.46. The van der Waals surface area contributed by atoms with E-state index in [4.69, 9.17) is 22.7 Å². The molecule has 0 heterocycles. The maximum Gasteiger partial charge on any atom is 0.120 e. The minimum absolute atomic E-state index is 0.401. The van der Waals surface area contributed by atoms with E-state index in [0.29, 0.717) is 17.6 Å². The average Bonchev–Trinajstić information content (AvgIpc) is 2.34. The zero-order chi connectivity index (χ0) is 13.5. The van der Waals surface area contributed by atoms with Crippen molar-refractivity contribution in [3.63, 3.8) is 0 Å². The molecule has 1 aromatic rings. The van der Waals surface area contributed by atoms with Gasteiger partial charge in [0.1, 0.15) is 17.3 Å². The lowest BCUT2D eigenvalue weighted by Gasteiger charge is -2.24. The molecule has 0 radical (unpaired) electrons. The predicted molar refractivity (Wildman–Crippen MR) is 80.2 cm³/mol. The zero-order valence-electron chi connectivity index (χ0n) is 11.3. The van der Waals surface area contributed by atoms with Crippen LogP contribution < -0.4 is 10.5 Å². The second-order valence-corrected chi connectivity index (χ2v) is 4.90. The molecule has 100 valence electrons. The fourth-order valence-corrected chi connectivity index (χ4v) is 1.93. The molecule has 0 saturated heterocycles. The Hall–Kier alpha value is -1.13. The topological polar surface area (TPSA) is 38.5 Å². The molecule has 0 fully saturated rings. The Morgan fingerprint density at radius 2 is 2.17 bits per heavy atom. The number of thiocarbonyl (C=S) groups is 1. The lowest BCUT2D eigenvalue weighted by molar-refractivity contribution is 0.183. The molecule has 0 aliphatic carbocycles. The van der Waals surface area contributed by atoms with Crippen molar-refractivity contribution in [2.75, 3.05) is 19.7 Å². The van der Waals surface area contributed by atoms with Crippen molar-refractivity contribution in [2.45, 2.75) is 26.8 Å². The fourth-order valence-electron chi connectivity index (χ4n) is 1.80. The summed E-state index contributed by atoms with van der Waals surface area (Å²) in [6.45, 7) is 9.17. The molecule has 4 heteroatoms. The van der Waals surface area contributed by atoms with Gasteiger partial charge in [-0.05, 0) is 32.5 Å². The van der Waals surface area contributed by atoms with Crippen molar-refractivity contribution in [2.24, 2.45) is 5.73 Å². The van der Waals surface area contributed by atoms with Crippen molar-refractivity contribution >= 4 is 17.2 Å². The summed E-state index contributed by atoms with van der Waals surface area (Å²) in [5, 5.41) is 0. The molecule has 0 amide bonds. The van der Waals surface area contributed by atoms with Crippen LogP contribution in [-0.2, 0) is 0 Å². The van der Waals surface area contributed by atoms with E-state index in [1.807, 2.05) is 24.3 Å². The summed E-state index contributed by atoms with van der Waals surface area (Å²) in [5.41, 5.74) is 6.43. The number of nitrogens with two attached hydrogens (primary N) is 1. The predicted octanol–water partition coefficient (Wildman–Crippen LogP) is 2.43. The van der Waals surface area contributed by atoms with Crippen LogP contribution in [0.1, 0.15) is 26.3 Å². The maximum atomic E-state index is 5.72. The average molecular weight is 266 g/mol. The second kappa shape index (κ2) is 7.34. The van der Waals surface area contributed by atoms with Gasteiger partial charge >= 0.3 is 0 Å². The molecule has 1 aromatic carbocycles. The highest BCUT2D eigenvalue weighted by Gasteiger charge is 2.06. The highest BCUT2D eigenvalue weighted by Crippen LogP contribution is 2.13. The number of rotatable bonds is 7. The molecule has 0 aliphatic rings. The van der Waals surface area contributed by atoms with Crippen LogP contribution in [0.25, 0.3) is 0 Å². The molecule has 0 bridgehead atoms. The molecular weight excluding hydrogens is 244 g/mol. The van der Waals surface area contributed by atoms with Gasteiger partial charge < -0.3 is 10.5 Å². The third kappa shape index (κ3) is 4.63. The van der Waals surface area contributed by atoms with Crippen molar-refractivity contribution in [1.82, 2.24) is 4.90 Å². The molecule has 0 spiro atoms. The number of nitrogens with zero attached hydrogens (tertiary/aromatic N) is 1. The standard InChI is InChI=1S/C14H22N2OS/c1-4-16(11(2)3)8-9-17-13-7-5-6-12(10-13)14(15)18/h5-7,10-11H,4,8-9H2,1-3H3,(H2,15,18). The first-order valence-corrected chi connectivity index (χ1v) is 6.72. The molecule has 1 rings (SSSR count). The number of likely N-dealkylation sites (N-methyl/N-ethyl adjacent to an activating group) is 1. The van der Waals surface area contributed by atoms with Gasteiger partial charge in [-0.15, -0.1) is 0 Å². The summed E-state index contributed by atoms with van der Waals surface area (Å²) in [6, 6.07) is 8.15. The Kier molecular flexibility index (Phi) is 6.09. The van der Waals surface area contributed by atoms with Crippen LogP contribution in [0.2, 0.25) is 0 Å². The first-order chi connectivity index (χ1) is 8.54. The Balaban J connectivity index is 2.48. The molecule has 2 N–H and O–H groups in total. The quantitative estimate of drug-likeness (QED) is 0.769. The van der Waals surface area contributed by atoms with E-state index < -0.39 is 0 Å². The van der Waals surface area contributed by atoms with Gasteiger partial charge in [0.05, 0.1) is 0 Å². The smallest absolute Gasteiger partial charge is 0.120 e. The number of hydrogen-bond acceptors (Lipinski definition) is 3. The van der Waals surface area contributed by atoms with Gasteiger partial charge in [0, 0.05) is 18.2 Å². The minimum atomic E-state index is 0.401. The third-order valence-electron chi connectivity index (χ3n) is 2.90. The zero-order valence-corrected chi connectivity index (χ0v) is 12.2. The first-order valence-electron chi connectivity index (χ1n) is 6.31. The Labute approximate surface area is 115 Å². The van der Waals surface area contributed by atoms with E-state index in [2.05, 4.69) is 25.7 Å². The summed E-state index contributed by atoms with van der Waals surface area (Å²) in [5.74, 6) is 0.820. The molecule has 0 atom stereocenters. The Morgan fingerprint density at radius 3 is 2.72 bits per heavy atom. The van der Waals surface area contributed by atoms with Gasteiger partial charge in [0.25, 0.3) is 0 Å². The van der Waals surface area contributed by atoms with Crippen LogP contribution in [0.3, 0.4) is 0 Å². The number of benzene rings is 1. The van der Waals surface area contributed by atoms with Gasteiger partial charge in [0.2, 0.25) is 0 Å². The molecule has 0 aliphatic heterocycles. The summed E-state index contributed by atoms with van der Waals surface area (Å²) in [7, 11) is 0. The fraction of sp³-hybridized carbons (Fsp3) is 0.500. The van der Waals surface area contributed by atoms with Crippen molar-refractivity contribution in [3.8, 4) is 5.75 Å². The Bertz CT molecular complexity index is 393. The number of ether oxygens (including phenoxy) is 1. The normalized spacial score (nSPS) is 10.9. The van der Waals surface area contributed by atoms with Gasteiger partial charge in [-0.2, -0.15) is 0 Å². The monoisotopic (exact) mass is 266 g/mol. The van der Waals surface area contributed by atoms with Gasteiger partial charge in [-0.1, -0.05) is 31.3 Å². The maximum absolute atomic E-state index is 5.72. The molecule has 3 nitrogen and oxygen atoms in total. The van der Waals surface area contributed by atoms with E-state index in [0.717, 1.165) is 24.4 Å². The number of hydrogen-bond donors (Lipinski definition) is 1. The SMILES string of the molecule is CCN(CCOc1cccc(C(N)=S)c1)C(C)C. The van der Waals surface area contributed by atoms with E-state index in [-0.39, 0.29) is 0 Å². The molecule has 0 aromatic heterocycles. The first kappa shape index (κ1) is 14.9. The van der Waals surface area contributed by atoms with Crippen LogP contribution in [-0.4, -0.2) is 35.6 Å². The largest absolute Gasteiger partial charge is 0.492 e. The minimum Gasteiger partial charge on any atom is -0.492 e. The van der Waals surface area contributed by atoms with Crippen LogP contribution in [0.4, 0.5) is 0 Å². The van der Waals surface area contributed by atoms with Gasteiger partial charge in [-0.25, -0.2) is 0 Å². The lowest BCUT2D eigenvalue weighted by atomic mass is 10.2. The lowest BCUT2D eigenvalue weighted by Crippen LogP contribution is -2.34. The van der Waals surface area contributed by atoms with Crippen molar-refractivity contribution in [3.05, 3.63) is 29.8 Å². The molecule has 0 unspecified atom stereocenters. The van der Waals surface area contributed by atoms with E-state index in [9.17, 15) is 0 Å². The van der Waals surface area contributed by atoms with Crippen LogP contribution in [0, 0.1) is 0 Å². The summed E-state index contributed by atoms with van der Waals surface area (Å²) in [6.07, 6.45) is 0. The van der Waals surface area contributed by atoms with E-state index >= 15 is 0 Å². The Morgan fingerprint density at radius 1 is 1.44 bits per heavy atom. The van der Waals surface area contributed by atoms with Crippen molar-refractivity contribution in [1.29, 1.82) is 0 Å². The molecule has 18 heavy (non-hydrogen) atoms. The highest BCUT2D eigenvalue weighted by molar-refractivity contribution is 7.80. The van der Waals surface area contributed by atoms with Crippen molar-refractivity contribution < 1.29 is 4.74 Å². The van der Waals surface area contributed by atoms with E-state index in [1.54, 1.807) is 0 Å². The molecule has 0 saturated carbocycles.